The van der Waals surface area contributed by atoms with Crippen LogP contribution in [0.25, 0.3) is 0 Å². The minimum atomic E-state index is 0.0216. The van der Waals surface area contributed by atoms with Crippen LogP contribution in [0, 0.1) is 0 Å². The van der Waals surface area contributed by atoms with E-state index in [0.29, 0.717) is 5.92 Å². The Morgan fingerprint density at radius 2 is 1.90 bits per heavy atom. The smallest absolute Gasteiger partial charge is 0.137 e. The average molecular weight is 266 g/mol. The summed E-state index contributed by atoms with van der Waals surface area (Å²) in [6.45, 7) is 1.75. The Bertz CT molecular complexity index is 556. The number of benzene rings is 1. The summed E-state index contributed by atoms with van der Waals surface area (Å²) in [4.78, 5) is 17.6. The second-order valence-corrected chi connectivity index (χ2v) is 5.33. The number of hydrogen-bond acceptors (Lipinski definition) is 3. The normalized spacial score (nSPS) is 22.8. The zero-order valence-corrected chi connectivity index (χ0v) is 11.4. The van der Waals surface area contributed by atoms with E-state index in [9.17, 15) is 4.79 Å². The lowest BCUT2D eigenvalue weighted by Crippen LogP contribution is -2.30. The summed E-state index contributed by atoms with van der Waals surface area (Å²) in [5, 5.41) is 0. The second kappa shape index (κ2) is 5.97. The van der Waals surface area contributed by atoms with Crippen LogP contribution in [-0.2, 0) is 11.3 Å². The lowest BCUT2D eigenvalue weighted by Gasteiger charge is -2.19. The summed E-state index contributed by atoms with van der Waals surface area (Å²) in [6.07, 6.45) is 5.61. The Morgan fingerprint density at radius 1 is 1.15 bits per heavy atom. The van der Waals surface area contributed by atoms with Gasteiger partial charge in [0.2, 0.25) is 0 Å². The molecule has 1 aromatic heterocycles. The quantitative estimate of drug-likeness (QED) is 0.798. The molecule has 0 N–H and O–H groups in total. The van der Waals surface area contributed by atoms with Crippen molar-refractivity contribution in [3.63, 3.8) is 0 Å². The van der Waals surface area contributed by atoms with Crippen molar-refractivity contribution in [2.75, 3.05) is 6.54 Å². The Labute approximate surface area is 119 Å². The minimum absolute atomic E-state index is 0.0216. The van der Waals surface area contributed by atoms with Crippen molar-refractivity contribution in [2.24, 2.45) is 0 Å². The molecule has 0 bridgehead atoms. The highest BCUT2D eigenvalue weighted by atomic mass is 16.1. The highest BCUT2D eigenvalue weighted by Gasteiger charge is 2.32. The van der Waals surface area contributed by atoms with Gasteiger partial charge in [-0.25, -0.2) is 0 Å². The molecule has 3 nitrogen and oxygen atoms in total. The summed E-state index contributed by atoms with van der Waals surface area (Å²) in [5.74, 6) is 0.452. The van der Waals surface area contributed by atoms with Crippen molar-refractivity contribution in [3.05, 3.63) is 66.0 Å². The van der Waals surface area contributed by atoms with Crippen LogP contribution in [0.4, 0.5) is 0 Å². The molecule has 1 fully saturated rings. The Morgan fingerprint density at radius 3 is 2.60 bits per heavy atom. The first-order chi connectivity index (χ1) is 9.86. The first-order valence-electron chi connectivity index (χ1n) is 7.00. The van der Waals surface area contributed by atoms with Crippen LogP contribution in [0.1, 0.15) is 23.5 Å². The highest BCUT2D eigenvalue weighted by Crippen LogP contribution is 2.31. The van der Waals surface area contributed by atoms with Crippen LogP contribution in [0.2, 0.25) is 0 Å². The first-order valence-corrected chi connectivity index (χ1v) is 7.00. The van der Waals surface area contributed by atoms with E-state index in [-0.39, 0.29) is 6.04 Å². The van der Waals surface area contributed by atoms with Crippen LogP contribution < -0.4 is 0 Å². The fourth-order valence-corrected chi connectivity index (χ4v) is 2.95. The number of likely N-dealkylation sites (tertiary alicyclic amines) is 1. The molecule has 2 unspecified atom stereocenters. The number of carbonyl (C=O) groups is 1. The minimum Gasteiger partial charge on any atom is -0.302 e. The molecule has 1 aliphatic rings. The number of aromatic nitrogens is 1. The van der Waals surface area contributed by atoms with Crippen molar-refractivity contribution < 1.29 is 4.79 Å². The van der Waals surface area contributed by atoms with E-state index in [0.717, 1.165) is 25.8 Å². The molecule has 0 amide bonds. The molecule has 3 heteroatoms. The molecule has 0 radical (unpaired) electrons. The molecule has 102 valence electrons. The van der Waals surface area contributed by atoms with Gasteiger partial charge in [0, 0.05) is 25.5 Å². The van der Waals surface area contributed by atoms with Gasteiger partial charge in [-0.05, 0) is 35.6 Å². The summed E-state index contributed by atoms with van der Waals surface area (Å²) in [5.41, 5.74) is 2.54. The van der Waals surface area contributed by atoms with Gasteiger partial charge in [0.15, 0.2) is 0 Å². The molecule has 3 rings (SSSR count). The summed E-state index contributed by atoms with van der Waals surface area (Å²) in [7, 11) is 0. The summed E-state index contributed by atoms with van der Waals surface area (Å²) < 4.78 is 0. The maximum Gasteiger partial charge on any atom is 0.137 e. The molecule has 2 heterocycles. The standard InChI is InChI=1S/C17H18N2O/c20-13-17-10-16(15-4-2-1-3-5-15)12-19(17)11-14-6-8-18-9-7-14/h1-9,13,16-17H,10-12H2. The molecule has 1 saturated heterocycles. The van der Waals surface area contributed by atoms with E-state index < -0.39 is 0 Å². The lowest BCUT2D eigenvalue weighted by atomic mass is 9.97. The van der Waals surface area contributed by atoms with E-state index >= 15 is 0 Å². The molecule has 20 heavy (non-hydrogen) atoms. The Balaban J connectivity index is 1.73. The van der Waals surface area contributed by atoms with E-state index in [2.05, 4.69) is 34.1 Å². The number of aldehydes is 1. The predicted molar refractivity (Wildman–Crippen MR) is 78.3 cm³/mol. The van der Waals surface area contributed by atoms with Crippen LogP contribution in [0.15, 0.2) is 54.9 Å². The third-order valence-corrected chi connectivity index (χ3v) is 4.01. The molecule has 0 saturated carbocycles. The van der Waals surface area contributed by atoms with Gasteiger partial charge in [-0.1, -0.05) is 30.3 Å². The fourth-order valence-electron chi connectivity index (χ4n) is 2.95. The summed E-state index contributed by atoms with van der Waals surface area (Å²) in [6, 6.07) is 14.5. The van der Waals surface area contributed by atoms with E-state index in [1.165, 1.54) is 11.1 Å². The zero-order valence-electron chi connectivity index (χ0n) is 11.4. The summed E-state index contributed by atoms with van der Waals surface area (Å²) >= 11 is 0. The number of rotatable bonds is 4. The molecular formula is C17H18N2O. The van der Waals surface area contributed by atoms with Crippen molar-refractivity contribution in [3.8, 4) is 0 Å². The van der Waals surface area contributed by atoms with Crippen molar-refractivity contribution in [2.45, 2.75) is 24.9 Å². The van der Waals surface area contributed by atoms with Gasteiger partial charge in [0.05, 0.1) is 6.04 Å². The van der Waals surface area contributed by atoms with Crippen LogP contribution in [-0.4, -0.2) is 28.8 Å². The molecule has 2 atom stereocenters. The van der Waals surface area contributed by atoms with Crippen LogP contribution in [0.5, 0.6) is 0 Å². The Hall–Kier alpha value is -2.00. The van der Waals surface area contributed by atoms with Crippen molar-refractivity contribution in [1.82, 2.24) is 9.88 Å². The molecule has 1 aromatic carbocycles. The second-order valence-electron chi connectivity index (χ2n) is 5.33. The van der Waals surface area contributed by atoms with Gasteiger partial charge in [-0.15, -0.1) is 0 Å². The van der Waals surface area contributed by atoms with E-state index in [1.807, 2.05) is 18.2 Å². The largest absolute Gasteiger partial charge is 0.302 e. The fraction of sp³-hybridized carbons (Fsp3) is 0.294. The number of nitrogens with zero attached hydrogens (tertiary/aromatic N) is 2. The van der Waals surface area contributed by atoms with Gasteiger partial charge < -0.3 is 4.79 Å². The average Bonchev–Trinajstić information content (AvgIpc) is 2.92. The number of hydrogen-bond donors (Lipinski definition) is 0. The van der Waals surface area contributed by atoms with E-state index in [1.54, 1.807) is 12.4 Å². The molecule has 0 aliphatic carbocycles. The van der Waals surface area contributed by atoms with Crippen molar-refractivity contribution >= 4 is 6.29 Å². The highest BCUT2D eigenvalue weighted by molar-refractivity contribution is 5.59. The lowest BCUT2D eigenvalue weighted by molar-refractivity contribution is -0.111. The maximum absolute atomic E-state index is 11.3. The molecule has 2 aromatic rings. The van der Waals surface area contributed by atoms with Crippen LogP contribution >= 0.6 is 0 Å². The van der Waals surface area contributed by atoms with Gasteiger partial charge >= 0.3 is 0 Å². The molecular weight excluding hydrogens is 248 g/mol. The molecule has 1 aliphatic heterocycles. The third-order valence-electron chi connectivity index (χ3n) is 4.01. The monoisotopic (exact) mass is 266 g/mol. The number of carbonyl (C=O) groups excluding carboxylic acids is 1. The zero-order chi connectivity index (χ0) is 13.8. The third kappa shape index (κ3) is 2.78. The first kappa shape index (κ1) is 13.0. The number of pyridine rings is 1. The van der Waals surface area contributed by atoms with Gasteiger partial charge in [-0.2, -0.15) is 0 Å². The maximum atomic E-state index is 11.3. The molecule has 0 spiro atoms. The van der Waals surface area contributed by atoms with Gasteiger partial charge in [0.1, 0.15) is 6.29 Å². The van der Waals surface area contributed by atoms with Crippen LogP contribution in [0.3, 0.4) is 0 Å². The Kier molecular flexibility index (Phi) is 3.88. The van der Waals surface area contributed by atoms with Gasteiger partial charge in [0.25, 0.3) is 0 Å². The SMILES string of the molecule is O=CC1CC(c2ccccc2)CN1Cc1ccncc1. The van der Waals surface area contributed by atoms with E-state index in [4.69, 9.17) is 0 Å². The van der Waals surface area contributed by atoms with Gasteiger partial charge in [-0.3, -0.25) is 9.88 Å². The topological polar surface area (TPSA) is 33.2 Å². The van der Waals surface area contributed by atoms with Crippen molar-refractivity contribution in [1.29, 1.82) is 0 Å². The predicted octanol–water partition coefficient (Wildman–Crippen LogP) is 2.64.